The van der Waals surface area contributed by atoms with E-state index in [1.807, 2.05) is 12.1 Å². The van der Waals surface area contributed by atoms with Crippen molar-refractivity contribution in [3.05, 3.63) is 23.8 Å². The number of β-amino-alcohol motifs (C(OH)–C–C–N with tert-alkyl or cyclic N) is 1. The van der Waals surface area contributed by atoms with Crippen molar-refractivity contribution in [1.29, 1.82) is 0 Å². The van der Waals surface area contributed by atoms with Crippen molar-refractivity contribution in [3.63, 3.8) is 0 Å². The highest BCUT2D eigenvalue weighted by atomic mass is 16.5. The summed E-state index contributed by atoms with van der Waals surface area (Å²) in [6.07, 6.45) is 8.96. The molecule has 2 N–H and O–H groups in total. The average molecular weight is 434 g/mol. The molecular weight excluding hydrogens is 390 g/mol. The Hall–Kier alpha value is -1.34. The summed E-state index contributed by atoms with van der Waals surface area (Å²) in [7, 11) is 3.82. The Morgan fingerprint density at radius 2 is 1.94 bits per heavy atom. The monoisotopic (exact) mass is 433 g/mol. The van der Waals surface area contributed by atoms with E-state index in [2.05, 4.69) is 28.2 Å². The minimum absolute atomic E-state index is 0.279. The molecule has 1 atom stereocenters. The highest BCUT2D eigenvalue weighted by Gasteiger charge is 2.17. The molecule has 2 fully saturated rings. The van der Waals surface area contributed by atoms with E-state index in [0.717, 1.165) is 51.6 Å². The molecule has 6 nitrogen and oxygen atoms in total. The van der Waals surface area contributed by atoms with Crippen molar-refractivity contribution in [3.8, 4) is 11.5 Å². The van der Waals surface area contributed by atoms with Crippen LogP contribution in [0.3, 0.4) is 0 Å². The number of hydrogen-bond donors (Lipinski definition) is 2. The van der Waals surface area contributed by atoms with Crippen LogP contribution in [0.25, 0.3) is 0 Å². The maximum atomic E-state index is 10.5. The summed E-state index contributed by atoms with van der Waals surface area (Å²) in [5.41, 5.74) is 1.18. The first-order valence-corrected chi connectivity index (χ1v) is 12.2. The lowest BCUT2D eigenvalue weighted by Gasteiger charge is -2.23. The van der Waals surface area contributed by atoms with Gasteiger partial charge in [-0.05, 0) is 69.6 Å². The SMILES string of the molecule is COc1ccc(CNCCCC2CCCC2)cc1OCC(O)CN1CCCN(C)CC1. The molecule has 1 aliphatic carbocycles. The minimum Gasteiger partial charge on any atom is -0.493 e. The normalized spacial score (nSPS) is 20.0. The third-order valence-corrected chi connectivity index (χ3v) is 6.71. The third-order valence-electron chi connectivity index (χ3n) is 6.71. The Morgan fingerprint density at radius 1 is 1.10 bits per heavy atom. The Kier molecular flexibility index (Phi) is 10.4. The van der Waals surface area contributed by atoms with Gasteiger partial charge in [0.25, 0.3) is 0 Å². The summed E-state index contributed by atoms with van der Waals surface area (Å²) in [5.74, 6) is 2.39. The number of nitrogens with zero attached hydrogens (tertiary/aromatic N) is 2. The zero-order chi connectivity index (χ0) is 21.9. The quantitative estimate of drug-likeness (QED) is 0.494. The summed E-state index contributed by atoms with van der Waals surface area (Å²) in [4.78, 5) is 4.68. The first-order valence-electron chi connectivity index (χ1n) is 12.2. The largest absolute Gasteiger partial charge is 0.493 e. The molecule has 1 saturated carbocycles. The van der Waals surface area contributed by atoms with Crippen LogP contribution in [0, 0.1) is 5.92 Å². The highest BCUT2D eigenvalue weighted by molar-refractivity contribution is 5.43. The molecule has 176 valence electrons. The second-order valence-corrected chi connectivity index (χ2v) is 9.38. The van der Waals surface area contributed by atoms with Gasteiger partial charge >= 0.3 is 0 Å². The number of nitrogens with one attached hydrogen (secondary N) is 1. The second kappa shape index (κ2) is 13.3. The number of rotatable bonds is 12. The molecule has 2 aliphatic rings. The molecule has 1 aromatic rings. The summed E-state index contributed by atoms with van der Waals surface area (Å²) in [6.45, 7) is 7.03. The summed E-state index contributed by atoms with van der Waals surface area (Å²) >= 11 is 0. The van der Waals surface area contributed by atoms with Crippen molar-refractivity contribution >= 4 is 0 Å². The smallest absolute Gasteiger partial charge is 0.161 e. The van der Waals surface area contributed by atoms with E-state index in [9.17, 15) is 5.11 Å². The molecule has 0 amide bonds. The molecule has 0 radical (unpaired) electrons. The number of benzene rings is 1. The standard InChI is InChI=1S/C25H43N3O3/c1-27-13-6-14-28(16-15-27)19-23(29)20-31-25-17-22(10-11-24(25)30-2)18-26-12-5-9-21-7-3-4-8-21/h10-11,17,21,23,26,29H,3-9,12-16,18-20H2,1-2H3. The number of methoxy groups -OCH3 is 1. The lowest BCUT2D eigenvalue weighted by molar-refractivity contribution is 0.0685. The second-order valence-electron chi connectivity index (χ2n) is 9.38. The minimum atomic E-state index is -0.509. The van der Waals surface area contributed by atoms with Crippen molar-refractivity contribution in [2.45, 2.75) is 57.6 Å². The van der Waals surface area contributed by atoms with E-state index in [4.69, 9.17) is 9.47 Å². The summed E-state index contributed by atoms with van der Waals surface area (Å²) < 4.78 is 11.4. The number of aliphatic hydroxyl groups is 1. The van der Waals surface area contributed by atoms with Crippen LogP contribution >= 0.6 is 0 Å². The van der Waals surface area contributed by atoms with Gasteiger partial charge in [-0.1, -0.05) is 31.7 Å². The number of likely N-dealkylation sites (N-methyl/N-ethyl adjacent to an activating group) is 1. The lowest BCUT2D eigenvalue weighted by Crippen LogP contribution is -2.37. The zero-order valence-corrected chi connectivity index (χ0v) is 19.7. The molecule has 0 aromatic heterocycles. The van der Waals surface area contributed by atoms with Crippen LogP contribution in [0.1, 0.15) is 50.5 Å². The molecule has 1 unspecified atom stereocenters. The predicted octanol–water partition coefficient (Wildman–Crippen LogP) is 3.13. The molecule has 31 heavy (non-hydrogen) atoms. The van der Waals surface area contributed by atoms with Gasteiger partial charge in [0.15, 0.2) is 11.5 Å². The van der Waals surface area contributed by atoms with Crippen LogP contribution in [0.4, 0.5) is 0 Å². The van der Waals surface area contributed by atoms with Crippen molar-refractivity contribution in [2.75, 3.05) is 60.0 Å². The first kappa shape index (κ1) is 24.3. The summed E-state index contributed by atoms with van der Waals surface area (Å²) in [6, 6.07) is 6.08. The van der Waals surface area contributed by atoms with Gasteiger partial charge in [0.1, 0.15) is 12.7 Å². The Balaban J connectivity index is 1.40. The van der Waals surface area contributed by atoms with E-state index in [-0.39, 0.29) is 6.61 Å². The fraction of sp³-hybridized carbons (Fsp3) is 0.760. The van der Waals surface area contributed by atoms with Crippen LogP contribution in [-0.2, 0) is 6.54 Å². The fourth-order valence-electron chi connectivity index (χ4n) is 4.81. The van der Waals surface area contributed by atoms with Crippen LogP contribution < -0.4 is 14.8 Å². The van der Waals surface area contributed by atoms with Gasteiger partial charge in [0.05, 0.1) is 7.11 Å². The zero-order valence-electron chi connectivity index (χ0n) is 19.7. The first-order chi connectivity index (χ1) is 15.1. The van der Waals surface area contributed by atoms with Crippen LogP contribution in [0.5, 0.6) is 11.5 Å². The molecule has 6 heteroatoms. The third kappa shape index (κ3) is 8.60. The molecule has 0 spiro atoms. The van der Waals surface area contributed by atoms with Gasteiger partial charge in [0.2, 0.25) is 0 Å². The van der Waals surface area contributed by atoms with Crippen LogP contribution in [0.2, 0.25) is 0 Å². The molecule has 0 bridgehead atoms. The summed E-state index contributed by atoms with van der Waals surface area (Å²) in [5, 5.41) is 14.1. The molecule has 1 aromatic carbocycles. The van der Waals surface area contributed by atoms with Crippen molar-refractivity contribution in [1.82, 2.24) is 15.1 Å². The average Bonchev–Trinajstić information content (AvgIpc) is 3.21. The maximum absolute atomic E-state index is 10.5. The molecular formula is C25H43N3O3. The van der Waals surface area contributed by atoms with Gasteiger partial charge in [-0.25, -0.2) is 0 Å². The Morgan fingerprint density at radius 3 is 2.74 bits per heavy atom. The topological polar surface area (TPSA) is 57.2 Å². The Labute approximate surface area is 188 Å². The van der Waals surface area contributed by atoms with Crippen molar-refractivity contribution in [2.24, 2.45) is 5.92 Å². The van der Waals surface area contributed by atoms with E-state index in [1.165, 1.54) is 44.1 Å². The van der Waals surface area contributed by atoms with Gasteiger partial charge in [-0.2, -0.15) is 0 Å². The molecule has 3 rings (SSSR count). The van der Waals surface area contributed by atoms with E-state index in [1.54, 1.807) is 7.11 Å². The Bertz CT molecular complexity index is 636. The van der Waals surface area contributed by atoms with E-state index < -0.39 is 6.10 Å². The van der Waals surface area contributed by atoms with Gasteiger partial charge in [-0.15, -0.1) is 0 Å². The number of ether oxygens (including phenoxy) is 2. The fourth-order valence-corrected chi connectivity index (χ4v) is 4.81. The van der Waals surface area contributed by atoms with E-state index in [0.29, 0.717) is 18.0 Å². The van der Waals surface area contributed by atoms with E-state index >= 15 is 0 Å². The van der Waals surface area contributed by atoms with Crippen molar-refractivity contribution < 1.29 is 14.6 Å². The van der Waals surface area contributed by atoms with Gasteiger partial charge in [0, 0.05) is 26.2 Å². The lowest BCUT2D eigenvalue weighted by atomic mass is 10.0. The molecule has 1 saturated heterocycles. The molecule has 1 aliphatic heterocycles. The van der Waals surface area contributed by atoms with Gasteiger partial charge in [-0.3, -0.25) is 4.90 Å². The molecule has 1 heterocycles. The van der Waals surface area contributed by atoms with Crippen LogP contribution in [-0.4, -0.2) is 81.0 Å². The van der Waals surface area contributed by atoms with Crippen LogP contribution in [0.15, 0.2) is 18.2 Å². The van der Waals surface area contributed by atoms with Gasteiger partial charge < -0.3 is 24.8 Å². The maximum Gasteiger partial charge on any atom is 0.161 e. The number of hydrogen-bond acceptors (Lipinski definition) is 6. The highest BCUT2D eigenvalue weighted by Crippen LogP contribution is 2.29. The predicted molar refractivity (Wildman–Crippen MR) is 126 cm³/mol. The number of aliphatic hydroxyl groups excluding tert-OH is 1.